The van der Waals surface area contributed by atoms with Crippen molar-refractivity contribution < 1.29 is 13.5 Å². The predicted octanol–water partition coefficient (Wildman–Crippen LogP) is 0.704. The Bertz CT molecular complexity index is 577. The monoisotopic (exact) mass is 266 g/mol. The summed E-state index contributed by atoms with van der Waals surface area (Å²) in [6.07, 6.45) is 0.676. The molecule has 1 saturated heterocycles. The van der Waals surface area contributed by atoms with Gasteiger partial charge in [0.15, 0.2) is 0 Å². The Balaban J connectivity index is 2.33. The minimum atomic E-state index is -3.61. The lowest BCUT2D eigenvalue weighted by molar-refractivity contribution is 0.108. The Labute approximate surface area is 106 Å². The van der Waals surface area contributed by atoms with E-state index in [1.807, 2.05) is 6.07 Å². The van der Waals surface area contributed by atoms with Crippen LogP contribution in [0.3, 0.4) is 0 Å². The summed E-state index contributed by atoms with van der Waals surface area (Å²) < 4.78 is 25.9. The summed E-state index contributed by atoms with van der Waals surface area (Å²) in [5, 5.41) is 18.3. The molecule has 1 fully saturated rings. The van der Waals surface area contributed by atoms with Gasteiger partial charge in [-0.05, 0) is 31.0 Å². The molecule has 0 bridgehead atoms. The Kier molecular flexibility index (Phi) is 3.66. The van der Waals surface area contributed by atoms with Gasteiger partial charge in [0.25, 0.3) is 0 Å². The van der Waals surface area contributed by atoms with Gasteiger partial charge >= 0.3 is 0 Å². The molecule has 1 aliphatic heterocycles. The lowest BCUT2D eigenvalue weighted by atomic mass is 10.1. The fourth-order valence-electron chi connectivity index (χ4n) is 2.01. The van der Waals surface area contributed by atoms with Gasteiger partial charge in [0.05, 0.1) is 22.6 Å². The minimum Gasteiger partial charge on any atom is -0.392 e. The zero-order valence-corrected chi connectivity index (χ0v) is 10.6. The van der Waals surface area contributed by atoms with Gasteiger partial charge < -0.3 is 5.11 Å². The van der Waals surface area contributed by atoms with Crippen LogP contribution >= 0.6 is 0 Å². The second kappa shape index (κ2) is 5.06. The van der Waals surface area contributed by atoms with Crippen molar-refractivity contribution in [3.05, 3.63) is 29.8 Å². The van der Waals surface area contributed by atoms with Crippen LogP contribution < -0.4 is 0 Å². The van der Waals surface area contributed by atoms with E-state index in [1.54, 1.807) is 12.1 Å². The van der Waals surface area contributed by atoms with Crippen molar-refractivity contribution in [3.63, 3.8) is 0 Å². The molecule has 1 aliphatic rings. The maximum absolute atomic E-state index is 12.3. The predicted molar refractivity (Wildman–Crippen MR) is 65.2 cm³/mol. The van der Waals surface area contributed by atoms with Crippen LogP contribution in [0, 0.1) is 11.3 Å². The average Bonchev–Trinajstić information content (AvgIpc) is 2.39. The highest BCUT2D eigenvalue weighted by Crippen LogP contribution is 2.21. The number of piperidine rings is 1. The van der Waals surface area contributed by atoms with Crippen LogP contribution in [0.1, 0.15) is 18.4 Å². The first-order valence-corrected chi connectivity index (χ1v) is 7.16. The summed E-state index contributed by atoms with van der Waals surface area (Å²) in [5.41, 5.74) is 0.314. The molecule has 0 aromatic heterocycles. The lowest BCUT2D eigenvalue weighted by Crippen LogP contribution is -2.42. The molecule has 0 aliphatic carbocycles. The number of hydrogen-bond acceptors (Lipinski definition) is 4. The maximum Gasteiger partial charge on any atom is 0.243 e. The molecule has 1 heterocycles. The van der Waals surface area contributed by atoms with Crippen LogP contribution in [0.15, 0.2) is 29.2 Å². The van der Waals surface area contributed by atoms with Crippen molar-refractivity contribution in [3.8, 4) is 6.07 Å². The van der Waals surface area contributed by atoms with E-state index >= 15 is 0 Å². The molecule has 0 spiro atoms. The smallest absolute Gasteiger partial charge is 0.243 e. The first-order valence-electron chi connectivity index (χ1n) is 5.72. The SMILES string of the molecule is N#Cc1cccc(S(=O)(=O)N2CCC[C@H](O)C2)c1. The molecule has 0 saturated carbocycles. The Morgan fingerprint density at radius 1 is 1.44 bits per heavy atom. The van der Waals surface area contributed by atoms with E-state index in [2.05, 4.69) is 0 Å². The number of benzene rings is 1. The highest BCUT2D eigenvalue weighted by molar-refractivity contribution is 7.89. The highest BCUT2D eigenvalue weighted by atomic mass is 32.2. The summed E-state index contributed by atoms with van der Waals surface area (Å²) in [6, 6.07) is 7.85. The van der Waals surface area contributed by atoms with Crippen molar-refractivity contribution in [1.29, 1.82) is 5.26 Å². The van der Waals surface area contributed by atoms with Gasteiger partial charge in [-0.15, -0.1) is 0 Å². The average molecular weight is 266 g/mol. The summed E-state index contributed by atoms with van der Waals surface area (Å²) >= 11 is 0. The molecule has 96 valence electrons. The summed E-state index contributed by atoms with van der Waals surface area (Å²) in [7, 11) is -3.61. The third kappa shape index (κ3) is 2.53. The van der Waals surface area contributed by atoms with Crippen molar-refractivity contribution >= 4 is 10.0 Å². The van der Waals surface area contributed by atoms with E-state index in [1.165, 1.54) is 16.4 Å². The second-order valence-corrected chi connectivity index (χ2v) is 6.24. The van der Waals surface area contributed by atoms with E-state index in [4.69, 9.17) is 5.26 Å². The van der Waals surface area contributed by atoms with E-state index in [0.717, 1.165) is 0 Å². The van der Waals surface area contributed by atoms with Gasteiger partial charge in [0.1, 0.15) is 0 Å². The summed E-state index contributed by atoms with van der Waals surface area (Å²) in [4.78, 5) is 0.107. The molecule has 1 atom stereocenters. The lowest BCUT2D eigenvalue weighted by Gasteiger charge is -2.29. The minimum absolute atomic E-state index is 0.107. The second-order valence-electron chi connectivity index (χ2n) is 4.30. The number of nitriles is 1. The van der Waals surface area contributed by atoms with E-state index in [9.17, 15) is 13.5 Å². The first-order chi connectivity index (χ1) is 8.54. The molecule has 0 amide bonds. The molecular formula is C12H14N2O3S. The van der Waals surface area contributed by atoms with Gasteiger partial charge in [0, 0.05) is 13.1 Å². The fourth-order valence-corrected chi connectivity index (χ4v) is 3.58. The maximum atomic E-state index is 12.3. The topological polar surface area (TPSA) is 81.4 Å². The third-order valence-corrected chi connectivity index (χ3v) is 4.82. The van der Waals surface area contributed by atoms with Crippen molar-refractivity contribution in [2.45, 2.75) is 23.8 Å². The van der Waals surface area contributed by atoms with Gasteiger partial charge in [-0.25, -0.2) is 8.42 Å². The molecule has 0 unspecified atom stereocenters. The van der Waals surface area contributed by atoms with E-state index in [0.29, 0.717) is 24.9 Å². The molecule has 2 rings (SSSR count). The molecule has 18 heavy (non-hydrogen) atoms. The number of sulfonamides is 1. The van der Waals surface area contributed by atoms with Crippen molar-refractivity contribution in [2.24, 2.45) is 0 Å². The molecular weight excluding hydrogens is 252 g/mol. The van der Waals surface area contributed by atoms with Gasteiger partial charge in [0.2, 0.25) is 10.0 Å². The summed E-state index contributed by atoms with van der Waals surface area (Å²) in [5.74, 6) is 0. The number of β-amino-alcohol motifs (C(OH)–C–C–N with tert-alkyl or cyclic N) is 1. The van der Waals surface area contributed by atoms with E-state index < -0.39 is 16.1 Å². The van der Waals surface area contributed by atoms with Gasteiger partial charge in [-0.3, -0.25) is 0 Å². The first kappa shape index (κ1) is 13.0. The van der Waals surface area contributed by atoms with Crippen LogP contribution in [0.2, 0.25) is 0 Å². The largest absolute Gasteiger partial charge is 0.392 e. The Hall–Kier alpha value is -1.42. The van der Waals surface area contributed by atoms with Crippen molar-refractivity contribution in [1.82, 2.24) is 4.31 Å². The van der Waals surface area contributed by atoms with Crippen molar-refractivity contribution in [2.75, 3.05) is 13.1 Å². The zero-order chi connectivity index (χ0) is 13.2. The number of nitrogens with zero attached hydrogens (tertiary/aromatic N) is 2. The van der Waals surface area contributed by atoms with Crippen LogP contribution in [0.4, 0.5) is 0 Å². The fraction of sp³-hybridized carbons (Fsp3) is 0.417. The van der Waals surface area contributed by atoms with Gasteiger partial charge in [-0.2, -0.15) is 9.57 Å². The van der Waals surface area contributed by atoms with Crippen LogP contribution in [0.25, 0.3) is 0 Å². The van der Waals surface area contributed by atoms with E-state index in [-0.39, 0.29) is 11.4 Å². The number of hydrogen-bond donors (Lipinski definition) is 1. The number of aliphatic hydroxyl groups excluding tert-OH is 1. The Morgan fingerprint density at radius 2 is 2.22 bits per heavy atom. The molecule has 1 aromatic rings. The normalized spacial score (nSPS) is 21.4. The standard InChI is InChI=1S/C12H14N2O3S/c13-8-10-3-1-5-12(7-10)18(16,17)14-6-2-4-11(15)9-14/h1,3,5,7,11,15H,2,4,6,9H2/t11-/m0/s1. The number of aliphatic hydroxyl groups is 1. The molecule has 1 N–H and O–H groups in total. The number of rotatable bonds is 2. The molecule has 5 nitrogen and oxygen atoms in total. The van der Waals surface area contributed by atoms with Crippen LogP contribution in [-0.4, -0.2) is 37.0 Å². The third-order valence-electron chi connectivity index (χ3n) is 2.96. The highest BCUT2D eigenvalue weighted by Gasteiger charge is 2.29. The molecule has 0 radical (unpaired) electrons. The summed E-state index contributed by atoms with van der Waals surface area (Å²) in [6.45, 7) is 0.537. The van der Waals surface area contributed by atoms with Crippen LogP contribution in [-0.2, 0) is 10.0 Å². The zero-order valence-electron chi connectivity index (χ0n) is 9.78. The molecule has 1 aromatic carbocycles. The van der Waals surface area contributed by atoms with Crippen LogP contribution in [0.5, 0.6) is 0 Å². The Morgan fingerprint density at radius 3 is 2.89 bits per heavy atom. The molecule has 6 heteroatoms. The quantitative estimate of drug-likeness (QED) is 0.854. The van der Waals surface area contributed by atoms with Gasteiger partial charge in [-0.1, -0.05) is 6.07 Å².